The van der Waals surface area contributed by atoms with E-state index in [1.807, 2.05) is 0 Å². The van der Waals surface area contributed by atoms with Crippen LogP contribution in [-0.4, -0.2) is 39.0 Å². The van der Waals surface area contributed by atoms with Crippen LogP contribution in [0, 0.1) is 0 Å². The van der Waals surface area contributed by atoms with Gasteiger partial charge in [-0.05, 0) is 19.1 Å². The normalized spacial score (nSPS) is 13.4. The highest BCUT2D eigenvalue weighted by Crippen LogP contribution is 2.20. The van der Waals surface area contributed by atoms with E-state index in [0.29, 0.717) is 11.4 Å². The number of para-hydroxylation sites is 1. The first kappa shape index (κ1) is 15.7. The van der Waals surface area contributed by atoms with Gasteiger partial charge in [-0.3, -0.25) is 9.69 Å². The van der Waals surface area contributed by atoms with Crippen molar-refractivity contribution in [3.05, 3.63) is 48.5 Å². The summed E-state index contributed by atoms with van der Waals surface area (Å²) in [4.78, 5) is 32.1. The van der Waals surface area contributed by atoms with Crippen molar-refractivity contribution in [1.29, 1.82) is 0 Å². The van der Waals surface area contributed by atoms with Crippen LogP contribution in [0.4, 0.5) is 5.69 Å². The Bertz CT molecular complexity index is 626. The summed E-state index contributed by atoms with van der Waals surface area (Å²) in [5.41, 5.74) is 6.81. The van der Waals surface area contributed by atoms with Gasteiger partial charge in [-0.1, -0.05) is 18.2 Å². The average molecular weight is 302 g/mol. The first-order chi connectivity index (χ1) is 10.5. The van der Waals surface area contributed by atoms with Crippen molar-refractivity contribution in [2.45, 2.75) is 25.4 Å². The SMILES string of the molecule is CC(N)C(=O)N(c1ccccc1)[C@H](Cc1cnc[nH]1)C(=O)O. The first-order valence-electron chi connectivity index (χ1n) is 6.84. The molecule has 0 aliphatic rings. The van der Waals surface area contributed by atoms with Gasteiger partial charge >= 0.3 is 5.97 Å². The molecule has 2 atom stereocenters. The van der Waals surface area contributed by atoms with Crippen LogP contribution in [0.15, 0.2) is 42.9 Å². The molecule has 22 heavy (non-hydrogen) atoms. The lowest BCUT2D eigenvalue weighted by molar-refractivity contribution is -0.140. The van der Waals surface area contributed by atoms with Crippen LogP contribution in [-0.2, 0) is 16.0 Å². The first-order valence-corrected chi connectivity index (χ1v) is 6.84. The summed E-state index contributed by atoms with van der Waals surface area (Å²) in [6.07, 6.45) is 3.12. The highest BCUT2D eigenvalue weighted by molar-refractivity contribution is 6.01. The van der Waals surface area contributed by atoms with Crippen LogP contribution in [0.2, 0.25) is 0 Å². The van der Waals surface area contributed by atoms with Crippen LogP contribution in [0.1, 0.15) is 12.6 Å². The highest BCUT2D eigenvalue weighted by Gasteiger charge is 2.32. The van der Waals surface area contributed by atoms with E-state index in [-0.39, 0.29) is 6.42 Å². The van der Waals surface area contributed by atoms with Crippen LogP contribution in [0.3, 0.4) is 0 Å². The molecule has 0 spiro atoms. The molecular formula is C15H18N4O3. The zero-order valence-electron chi connectivity index (χ0n) is 12.1. The smallest absolute Gasteiger partial charge is 0.327 e. The Kier molecular flexibility index (Phi) is 4.90. The predicted octanol–water partition coefficient (Wildman–Crippen LogP) is 0.786. The Morgan fingerprint density at radius 3 is 2.55 bits per heavy atom. The molecule has 1 aromatic carbocycles. The number of hydrogen-bond acceptors (Lipinski definition) is 4. The van der Waals surface area contributed by atoms with E-state index in [0.717, 1.165) is 0 Å². The Morgan fingerprint density at radius 2 is 2.05 bits per heavy atom. The predicted molar refractivity (Wildman–Crippen MR) is 81.3 cm³/mol. The third-order valence-electron chi connectivity index (χ3n) is 3.23. The molecule has 1 heterocycles. The van der Waals surface area contributed by atoms with E-state index in [9.17, 15) is 14.7 Å². The molecule has 7 heteroatoms. The fourth-order valence-corrected chi connectivity index (χ4v) is 2.16. The molecule has 0 bridgehead atoms. The van der Waals surface area contributed by atoms with Crippen molar-refractivity contribution in [2.24, 2.45) is 5.73 Å². The molecular weight excluding hydrogens is 284 g/mol. The van der Waals surface area contributed by atoms with Gasteiger partial charge in [0.05, 0.1) is 12.4 Å². The van der Waals surface area contributed by atoms with E-state index >= 15 is 0 Å². The number of carbonyl (C=O) groups excluding carboxylic acids is 1. The minimum Gasteiger partial charge on any atom is -0.480 e. The van der Waals surface area contributed by atoms with Gasteiger partial charge < -0.3 is 15.8 Å². The molecule has 0 saturated carbocycles. The molecule has 116 valence electrons. The molecule has 4 N–H and O–H groups in total. The molecule has 0 aliphatic carbocycles. The number of aromatic nitrogens is 2. The van der Waals surface area contributed by atoms with Gasteiger partial charge in [-0.2, -0.15) is 0 Å². The van der Waals surface area contributed by atoms with Gasteiger partial charge in [0.25, 0.3) is 0 Å². The summed E-state index contributed by atoms with van der Waals surface area (Å²) in [5, 5.41) is 9.57. The molecule has 1 unspecified atom stereocenters. The second kappa shape index (κ2) is 6.86. The van der Waals surface area contributed by atoms with Crippen molar-refractivity contribution >= 4 is 17.6 Å². The zero-order valence-corrected chi connectivity index (χ0v) is 12.1. The number of nitrogens with zero attached hydrogens (tertiary/aromatic N) is 2. The number of aliphatic carboxylic acids is 1. The Hall–Kier alpha value is -2.67. The van der Waals surface area contributed by atoms with Crippen LogP contribution in [0.5, 0.6) is 0 Å². The Balaban J connectivity index is 2.40. The average Bonchev–Trinajstić information content (AvgIpc) is 3.00. The van der Waals surface area contributed by atoms with Crippen molar-refractivity contribution in [1.82, 2.24) is 9.97 Å². The molecule has 7 nitrogen and oxygen atoms in total. The van der Waals surface area contributed by atoms with Gasteiger partial charge in [-0.25, -0.2) is 9.78 Å². The van der Waals surface area contributed by atoms with Crippen LogP contribution >= 0.6 is 0 Å². The fraction of sp³-hybridized carbons (Fsp3) is 0.267. The molecule has 0 fully saturated rings. The number of aromatic amines is 1. The summed E-state index contributed by atoms with van der Waals surface area (Å²) < 4.78 is 0. The van der Waals surface area contributed by atoms with E-state index in [1.165, 1.54) is 24.3 Å². The minimum absolute atomic E-state index is 0.114. The molecule has 0 radical (unpaired) electrons. The maximum atomic E-state index is 12.4. The number of imidazole rings is 1. The summed E-state index contributed by atoms with van der Waals surface area (Å²) in [5.74, 6) is -1.55. The van der Waals surface area contributed by atoms with Crippen molar-refractivity contribution in [2.75, 3.05) is 4.90 Å². The second-order valence-corrected chi connectivity index (χ2v) is 4.97. The van der Waals surface area contributed by atoms with Crippen LogP contribution in [0.25, 0.3) is 0 Å². The van der Waals surface area contributed by atoms with Gasteiger partial charge in [0, 0.05) is 24.0 Å². The molecule has 1 amide bonds. The number of anilines is 1. The lowest BCUT2D eigenvalue weighted by Gasteiger charge is -2.30. The number of hydrogen-bond donors (Lipinski definition) is 3. The fourth-order valence-electron chi connectivity index (χ4n) is 2.16. The van der Waals surface area contributed by atoms with Crippen molar-refractivity contribution < 1.29 is 14.7 Å². The van der Waals surface area contributed by atoms with Gasteiger partial charge in [0.1, 0.15) is 6.04 Å². The molecule has 1 aromatic heterocycles. The number of carbonyl (C=O) groups is 2. The molecule has 2 rings (SSSR count). The Morgan fingerprint density at radius 1 is 1.36 bits per heavy atom. The summed E-state index contributed by atoms with van der Waals surface area (Å²) >= 11 is 0. The third-order valence-corrected chi connectivity index (χ3v) is 3.23. The Labute approximate surface area is 127 Å². The standard InChI is InChI=1S/C15H18N4O3/c1-10(16)14(20)19(12-5-3-2-4-6-12)13(15(21)22)7-11-8-17-9-18-11/h2-6,8-10,13H,7,16H2,1H3,(H,17,18)(H,21,22)/t10?,13-/m1/s1. The van der Waals surface area contributed by atoms with E-state index in [4.69, 9.17) is 5.73 Å². The zero-order chi connectivity index (χ0) is 16.1. The molecule has 2 aromatic rings. The largest absolute Gasteiger partial charge is 0.480 e. The number of benzene rings is 1. The highest BCUT2D eigenvalue weighted by atomic mass is 16.4. The third kappa shape index (κ3) is 3.50. The quantitative estimate of drug-likeness (QED) is 0.730. The maximum Gasteiger partial charge on any atom is 0.327 e. The monoisotopic (exact) mass is 302 g/mol. The number of nitrogens with two attached hydrogens (primary N) is 1. The molecule has 0 saturated heterocycles. The summed E-state index contributed by atoms with van der Waals surface area (Å²) in [6, 6.07) is 6.78. The van der Waals surface area contributed by atoms with Crippen molar-refractivity contribution in [3.63, 3.8) is 0 Å². The van der Waals surface area contributed by atoms with Crippen LogP contribution < -0.4 is 10.6 Å². The number of H-pyrrole nitrogens is 1. The van der Waals surface area contributed by atoms with Gasteiger partial charge in [-0.15, -0.1) is 0 Å². The number of carboxylic acid groups (broad SMARTS) is 1. The second-order valence-electron chi connectivity index (χ2n) is 4.97. The number of rotatable bonds is 6. The number of amides is 1. The van der Waals surface area contributed by atoms with Crippen molar-refractivity contribution in [3.8, 4) is 0 Å². The molecule has 0 aliphatic heterocycles. The minimum atomic E-state index is -1.10. The van der Waals surface area contributed by atoms with Gasteiger partial charge in [0.15, 0.2) is 0 Å². The van der Waals surface area contributed by atoms with E-state index in [1.54, 1.807) is 30.3 Å². The lowest BCUT2D eigenvalue weighted by atomic mass is 10.1. The van der Waals surface area contributed by atoms with Gasteiger partial charge in [0.2, 0.25) is 5.91 Å². The van der Waals surface area contributed by atoms with E-state index in [2.05, 4.69) is 9.97 Å². The number of nitrogens with one attached hydrogen (secondary N) is 1. The lowest BCUT2D eigenvalue weighted by Crippen LogP contribution is -2.52. The topological polar surface area (TPSA) is 112 Å². The summed E-state index contributed by atoms with van der Waals surface area (Å²) in [6.45, 7) is 1.54. The maximum absolute atomic E-state index is 12.4. The number of carboxylic acids is 1. The van der Waals surface area contributed by atoms with E-state index < -0.39 is 24.0 Å². The summed E-state index contributed by atoms with van der Waals surface area (Å²) in [7, 11) is 0.